The van der Waals surface area contributed by atoms with Crippen molar-refractivity contribution in [3.8, 4) is 0 Å². The van der Waals surface area contributed by atoms with Crippen LogP contribution in [0.4, 0.5) is 0 Å². The number of pyridine rings is 1. The van der Waals surface area contributed by atoms with Gasteiger partial charge in [-0.3, -0.25) is 14.7 Å². The first-order valence-electron chi connectivity index (χ1n) is 10.2. The van der Waals surface area contributed by atoms with Gasteiger partial charge in [-0.25, -0.2) is 0 Å². The van der Waals surface area contributed by atoms with Crippen LogP contribution in [0.15, 0.2) is 48.8 Å². The summed E-state index contributed by atoms with van der Waals surface area (Å²) >= 11 is 0. The number of amides is 1. The average Bonchev–Trinajstić information content (AvgIpc) is 3.21. The highest BCUT2D eigenvalue weighted by Crippen LogP contribution is 2.28. The normalized spacial score (nSPS) is 15.6. The van der Waals surface area contributed by atoms with Crippen molar-refractivity contribution >= 4 is 5.91 Å². The molecule has 1 atom stereocenters. The van der Waals surface area contributed by atoms with E-state index in [4.69, 9.17) is 0 Å². The maximum atomic E-state index is 13.7. The number of unbranched alkanes of at least 4 members (excludes halogenated alkanes) is 1. The Morgan fingerprint density at radius 2 is 1.96 bits per heavy atom. The van der Waals surface area contributed by atoms with E-state index >= 15 is 0 Å². The minimum absolute atomic E-state index is 0.210. The van der Waals surface area contributed by atoms with Crippen molar-refractivity contribution in [1.82, 2.24) is 14.8 Å². The summed E-state index contributed by atoms with van der Waals surface area (Å²) in [5.74, 6) is 0.210. The molecular weight excluding hydrogens is 334 g/mol. The van der Waals surface area contributed by atoms with Gasteiger partial charge in [0.15, 0.2) is 0 Å². The molecule has 1 saturated heterocycles. The van der Waals surface area contributed by atoms with Crippen molar-refractivity contribution in [2.45, 2.75) is 52.1 Å². The molecule has 4 heteroatoms. The van der Waals surface area contributed by atoms with Gasteiger partial charge in [-0.2, -0.15) is 0 Å². The van der Waals surface area contributed by atoms with Gasteiger partial charge in [-0.1, -0.05) is 43.7 Å². The molecule has 0 aliphatic carbocycles. The molecule has 0 spiro atoms. The number of rotatable bonds is 8. The van der Waals surface area contributed by atoms with E-state index in [2.05, 4.69) is 52.9 Å². The van der Waals surface area contributed by atoms with Crippen LogP contribution in [0.25, 0.3) is 0 Å². The summed E-state index contributed by atoms with van der Waals surface area (Å²) in [6, 6.07) is 12.1. The number of hydrogen-bond donors (Lipinski definition) is 0. The van der Waals surface area contributed by atoms with Gasteiger partial charge in [0, 0.05) is 25.5 Å². The Kier molecular flexibility index (Phi) is 6.99. The van der Waals surface area contributed by atoms with Crippen LogP contribution in [-0.2, 0) is 11.3 Å². The second-order valence-corrected chi connectivity index (χ2v) is 7.47. The second-order valence-electron chi connectivity index (χ2n) is 7.47. The number of carbonyl (C=O) groups excluding carboxylic acids is 1. The first-order chi connectivity index (χ1) is 13.2. The lowest BCUT2D eigenvalue weighted by molar-refractivity contribution is -0.137. The number of carbonyl (C=O) groups is 1. The van der Waals surface area contributed by atoms with E-state index < -0.39 is 0 Å². The molecule has 0 unspecified atom stereocenters. The fourth-order valence-electron chi connectivity index (χ4n) is 3.83. The number of aryl methyl sites for hydroxylation is 1. The molecular formula is C23H31N3O. The van der Waals surface area contributed by atoms with E-state index in [9.17, 15) is 4.79 Å². The van der Waals surface area contributed by atoms with Crippen molar-refractivity contribution < 1.29 is 4.79 Å². The van der Waals surface area contributed by atoms with Gasteiger partial charge in [0.2, 0.25) is 5.91 Å². The molecule has 2 aromatic rings. The lowest BCUT2D eigenvalue weighted by Gasteiger charge is -2.33. The van der Waals surface area contributed by atoms with Gasteiger partial charge < -0.3 is 4.90 Å². The van der Waals surface area contributed by atoms with Crippen molar-refractivity contribution in [1.29, 1.82) is 0 Å². The quantitative estimate of drug-likeness (QED) is 0.697. The van der Waals surface area contributed by atoms with Crippen LogP contribution in [0.1, 0.15) is 55.3 Å². The Labute approximate surface area is 163 Å². The van der Waals surface area contributed by atoms with E-state index in [1.807, 2.05) is 18.3 Å². The van der Waals surface area contributed by atoms with Gasteiger partial charge in [-0.05, 0) is 62.0 Å². The molecule has 1 amide bonds. The monoisotopic (exact) mass is 365 g/mol. The molecule has 0 N–H and O–H groups in total. The highest BCUT2D eigenvalue weighted by atomic mass is 16.2. The van der Waals surface area contributed by atoms with Gasteiger partial charge in [-0.15, -0.1) is 0 Å². The Bertz CT molecular complexity index is 725. The Morgan fingerprint density at radius 3 is 2.63 bits per heavy atom. The molecule has 1 aromatic heterocycles. The maximum absolute atomic E-state index is 13.7. The number of aromatic nitrogens is 1. The molecule has 4 nitrogen and oxygen atoms in total. The lowest BCUT2D eigenvalue weighted by Crippen LogP contribution is -2.42. The first-order valence-corrected chi connectivity index (χ1v) is 10.2. The van der Waals surface area contributed by atoms with Crippen LogP contribution in [0.5, 0.6) is 0 Å². The fourth-order valence-corrected chi connectivity index (χ4v) is 3.83. The average molecular weight is 366 g/mol. The van der Waals surface area contributed by atoms with Crippen LogP contribution < -0.4 is 0 Å². The molecule has 1 aromatic carbocycles. The first kappa shape index (κ1) is 19.6. The third kappa shape index (κ3) is 4.95. The third-order valence-corrected chi connectivity index (χ3v) is 5.46. The zero-order valence-corrected chi connectivity index (χ0v) is 16.6. The highest BCUT2D eigenvalue weighted by molar-refractivity contribution is 5.83. The van der Waals surface area contributed by atoms with Crippen LogP contribution in [-0.4, -0.2) is 40.3 Å². The molecule has 0 bridgehead atoms. The minimum atomic E-state index is -0.220. The maximum Gasteiger partial charge on any atom is 0.244 e. The predicted molar refractivity (Wildman–Crippen MR) is 109 cm³/mol. The van der Waals surface area contributed by atoms with Crippen LogP contribution in [0, 0.1) is 6.92 Å². The number of likely N-dealkylation sites (tertiary alicyclic amines) is 1. The van der Waals surface area contributed by atoms with Crippen molar-refractivity contribution in [2.24, 2.45) is 0 Å². The van der Waals surface area contributed by atoms with Gasteiger partial charge in [0.1, 0.15) is 6.04 Å². The predicted octanol–water partition coefficient (Wildman–Crippen LogP) is 4.36. The number of hydrogen-bond acceptors (Lipinski definition) is 3. The topological polar surface area (TPSA) is 36.4 Å². The summed E-state index contributed by atoms with van der Waals surface area (Å²) in [7, 11) is 0. The Morgan fingerprint density at radius 1 is 1.19 bits per heavy atom. The van der Waals surface area contributed by atoms with E-state index in [1.165, 1.54) is 11.1 Å². The Hall–Kier alpha value is -2.20. The summed E-state index contributed by atoms with van der Waals surface area (Å²) in [6.07, 6.45) is 8.06. The van der Waals surface area contributed by atoms with Crippen LogP contribution in [0.3, 0.4) is 0 Å². The van der Waals surface area contributed by atoms with E-state index in [1.54, 1.807) is 6.20 Å². The summed E-state index contributed by atoms with van der Waals surface area (Å²) in [4.78, 5) is 22.4. The molecule has 3 rings (SSSR count). The summed E-state index contributed by atoms with van der Waals surface area (Å²) in [6.45, 7) is 7.74. The SMILES string of the molecule is CCCCN(Cc1ccccc1C)C(=O)[C@@H](c1cccnc1)N1CCCC1. The van der Waals surface area contributed by atoms with E-state index in [-0.39, 0.29) is 11.9 Å². The molecule has 1 fully saturated rings. The molecule has 27 heavy (non-hydrogen) atoms. The molecule has 0 radical (unpaired) electrons. The largest absolute Gasteiger partial charge is 0.337 e. The fraction of sp³-hybridized carbons (Fsp3) is 0.478. The summed E-state index contributed by atoms with van der Waals surface area (Å²) in [5, 5.41) is 0. The van der Waals surface area contributed by atoms with Crippen molar-refractivity contribution in [3.63, 3.8) is 0 Å². The number of benzene rings is 1. The highest BCUT2D eigenvalue weighted by Gasteiger charge is 2.33. The lowest BCUT2D eigenvalue weighted by atomic mass is 10.0. The molecule has 0 saturated carbocycles. The van der Waals surface area contributed by atoms with Gasteiger partial charge in [0.05, 0.1) is 0 Å². The number of nitrogens with zero attached hydrogens (tertiary/aromatic N) is 3. The zero-order chi connectivity index (χ0) is 19.1. The molecule has 1 aliphatic heterocycles. The molecule has 1 aliphatic rings. The van der Waals surface area contributed by atoms with Crippen molar-refractivity contribution in [2.75, 3.05) is 19.6 Å². The third-order valence-electron chi connectivity index (χ3n) is 5.46. The summed E-state index contributed by atoms with van der Waals surface area (Å²) < 4.78 is 0. The van der Waals surface area contributed by atoms with Crippen LogP contribution >= 0.6 is 0 Å². The van der Waals surface area contributed by atoms with Crippen LogP contribution in [0.2, 0.25) is 0 Å². The molecule has 2 heterocycles. The smallest absolute Gasteiger partial charge is 0.244 e. The zero-order valence-electron chi connectivity index (χ0n) is 16.6. The van der Waals surface area contributed by atoms with Gasteiger partial charge >= 0.3 is 0 Å². The van der Waals surface area contributed by atoms with E-state index in [0.29, 0.717) is 6.54 Å². The van der Waals surface area contributed by atoms with Gasteiger partial charge in [0.25, 0.3) is 0 Å². The summed E-state index contributed by atoms with van der Waals surface area (Å²) in [5.41, 5.74) is 3.48. The van der Waals surface area contributed by atoms with Crippen molar-refractivity contribution in [3.05, 3.63) is 65.5 Å². The standard InChI is InChI=1S/C23H31N3O/c1-3-4-14-26(18-21-11-6-5-10-19(21)2)23(27)22(25-15-7-8-16-25)20-12-9-13-24-17-20/h5-6,9-13,17,22H,3-4,7-8,14-16,18H2,1-2H3/t22-/m1/s1. The molecule has 144 valence electrons. The van der Waals surface area contributed by atoms with E-state index in [0.717, 1.165) is 50.9 Å². The Balaban J connectivity index is 1.88. The minimum Gasteiger partial charge on any atom is -0.337 e. The second kappa shape index (κ2) is 9.65.